The van der Waals surface area contributed by atoms with Gasteiger partial charge in [-0.3, -0.25) is 4.79 Å². The average Bonchev–Trinajstić information content (AvgIpc) is 2.40. The Morgan fingerprint density at radius 1 is 1.15 bits per heavy atom. The van der Waals surface area contributed by atoms with Crippen molar-refractivity contribution in [2.45, 2.75) is 6.92 Å². The summed E-state index contributed by atoms with van der Waals surface area (Å²) >= 11 is 3.26. The van der Waals surface area contributed by atoms with Crippen LogP contribution in [-0.2, 0) is 0 Å². The van der Waals surface area contributed by atoms with Gasteiger partial charge in [0, 0.05) is 10.5 Å². The predicted molar refractivity (Wildman–Crippen MR) is 75.1 cm³/mol. The highest BCUT2D eigenvalue weighted by Crippen LogP contribution is 2.26. The molecule has 0 amide bonds. The van der Waals surface area contributed by atoms with E-state index in [0.29, 0.717) is 22.9 Å². The molecule has 0 saturated carbocycles. The Bertz CT molecular complexity index is 656. The number of carbonyl (C=O) groups excluding carboxylic acids is 1. The first-order chi connectivity index (χ1) is 9.52. The first-order valence-electron chi connectivity index (χ1n) is 5.95. The Labute approximate surface area is 123 Å². The number of ether oxygens (including phenoxy) is 1. The summed E-state index contributed by atoms with van der Waals surface area (Å²) in [5.74, 6) is -1.80. The molecule has 2 nitrogen and oxygen atoms in total. The molecule has 0 N–H and O–H groups in total. The van der Waals surface area contributed by atoms with Gasteiger partial charge >= 0.3 is 0 Å². The maximum Gasteiger partial charge on any atom is 0.199 e. The van der Waals surface area contributed by atoms with Crippen LogP contribution < -0.4 is 4.74 Å². The van der Waals surface area contributed by atoms with Gasteiger partial charge in [0.05, 0.1) is 17.7 Å². The highest BCUT2D eigenvalue weighted by atomic mass is 79.9. The lowest BCUT2D eigenvalue weighted by molar-refractivity contribution is 0.103. The van der Waals surface area contributed by atoms with E-state index in [0.717, 1.165) is 12.1 Å². The third-order valence-electron chi connectivity index (χ3n) is 2.66. The van der Waals surface area contributed by atoms with Crippen molar-refractivity contribution >= 4 is 21.7 Å². The number of halogens is 3. The predicted octanol–water partition coefficient (Wildman–Crippen LogP) is 4.36. The molecule has 0 aliphatic carbocycles. The molecule has 0 atom stereocenters. The Kier molecular flexibility index (Phi) is 4.49. The molecule has 0 bridgehead atoms. The lowest BCUT2D eigenvalue weighted by Crippen LogP contribution is -2.08. The van der Waals surface area contributed by atoms with Crippen LogP contribution in [0.3, 0.4) is 0 Å². The van der Waals surface area contributed by atoms with Gasteiger partial charge in [0.15, 0.2) is 5.78 Å². The van der Waals surface area contributed by atoms with Gasteiger partial charge in [0.25, 0.3) is 0 Å². The quantitative estimate of drug-likeness (QED) is 0.773. The maximum atomic E-state index is 13.7. The largest absolute Gasteiger partial charge is 0.493 e. The fourth-order valence-corrected chi connectivity index (χ4v) is 2.14. The number of hydrogen-bond donors (Lipinski definition) is 0. The SMILES string of the molecule is CCOc1ccc(Br)cc1C(=O)c1ccc(F)cc1F. The summed E-state index contributed by atoms with van der Waals surface area (Å²) < 4.78 is 32.6. The minimum Gasteiger partial charge on any atom is -0.493 e. The van der Waals surface area contributed by atoms with Crippen LogP contribution in [0.15, 0.2) is 40.9 Å². The van der Waals surface area contributed by atoms with Gasteiger partial charge in [-0.25, -0.2) is 8.78 Å². The van der Waals surface area contributed by atoms with Crippen molar-refractivity contribution in [2.75, 3.05) is 6.61 Å². The molecule has 0 aromatic heterocycles. The molecule has 0 heterocycles. The zero-order chi connectivity index (χ0) is 14.7. The molecule has 0 saturated heterocycles. The molecule has 0 aliphatic heterocycles. The fraction of sp³-hybridized carbons (Fsp3) is 0.133. The van der Waals surface area contributed by atoms with Crippen LogP contribution in [0, 0.1) is 11.6 Å². The van der Waals surface area contributed by atoms with Crippen LogP contribution in [0.5, 0.6) is 5.75 Å². The van der Waals surface area contributed by atoms with Gasteiger partial charge in [-0.2, -0.15) is 0 Å². The van der Waals surface area contributed by atoms with E-state index in [1.54, 1.807) is 25.1 Å². The first-order valence-corrected chi connectivity index (χ1v) is 6.74. The van der Waals surface area contributed by atoms with E-state index in [2.05, 4.69) is 15.9 Å². The Morgan fingerprint density at radius 3 is 2.55 bits per heavy atom. The Balaban J connectivity index is 2.49. The number of hydrogen-bond acceptors (Lipinski definition) is 2. The van der Waals surface area contributed by atoms with E-state index < -0.39 is 17.4 Å². The zero-order valence-corrected chi connectivity index (χ0v) is 12.2. The van der Waals surface area contributed by atoms with E-state index in [1.807, 2.05) is 0 Å². The standard InChI is InChI=1S/C15H11BrF2O2/c1-2-20-14-6-3-9(16)7-12(14)15(19)11-5-4-10(17)8-13(11)18/h3-8H,2H2,1H3. The summed E-state index contributed by atoms with van der Waals surface area (Å²) in [6, 6.07) is 7.77. The Hall–Kier alpha value is -1.75. The molecule has 0 spiro atoms. The molecular formula is C15H11BrF2O2. The van der Waals surface area contributed by atoms with E-state index in [4.69, 9.17) is 4.74 Å². The van der Waals surface area contributed by atoms with Gasteiger partial charge in [-0.15, -0.1) is 0 Å². The number of carbonyl (C=O) groups is 1. The minimum absolute atomic E-state index is 0.189. The van der Waals surface area contributed by atoms with Crippen LogP contribution in [-0.4, -0.2) is 12.4 Å². The molecule has 0 fully saturated rings. The van der Waals surface area contributed by atoms with E-state index in [9.17, 15) is 13.6 Å². The van der Waals surface area contributed by atoms with Gasteiger partial charge in [-0.1, -0.05) is 15.9 Å². The molecule has 0 unspecified atom stereocenters. The van der Waals surface area contributed by atoms with E-state index >= 15 is 0 Å². The minimum atomic E-state index is -0.891. The van der Waals surface area contributed by atoms with Crippen molar-refractivity contribution in [3.05, 3.63) is 63.6 Å². The summed E-state index contributed by atoms with van der Waals surface area (Å²) in [7, 11) is 0. The van der Waals surface area contributed by atoms with Crippen LogP contribution in [0.2, 0.25) is 0 Å². The lowest BCUT2D eigenvalue weighted by Gasteiger charge is -2.10. The zero-order valence-electron chi connectivity index (χ0n) is 10.6. The van der Waals surface area contributed by atoms with Crippen molar-refractivity contribution < 1.29 is 18.3 Å². The van der Waals surface area contributed by atoms with E-state index in [1.165, 1.54) is 0 Å². The third kappa shape index (κ3) is 3.04. The van der Waals surface area contributed by atoms with Crippen LogP contribution >= 0.6 is 15.9 Å². The molecule has 2 aromatic carbocycles. The van der Waals surface area contributed by atoms with Gasteiger partial charge in [-0.05, 0) is 37.3 Å². The molecule has 2 rings (SSSR count). The van der Waals surface area contributed by atoms with Gasteiger partial charge in [0.2, 0.25) is 0 Å². The molecular weight excluding hydrogens is 330 g/mol. The van der Waals surface area contributed by atoms with Crippen molar-refractivity contribution in [2.24, 2.45) is 0 Å². The van der Waals surface area contributed by atoms with Crippen LogP contribution in [0.25, 0.3) is 0 Å². The highest BCUT2D eigenvalue weighted by molar-refractivity contribution is 9.10. The topological polar surface area (TPSA) is 26.3 Å². The maximum absolute atomic E-state index is 13.7. The number of ketones is 1. The summed E-state index contributed by atoms with van der Waals surface area (Å²) in [4.78, 5) is 12.4. The molecule has 5 heteroatoms. The second-order valence-electron chi connectivity index (χ2n) is 4.03. The van der Waals surface area contributed by atoms with Gasteiger partial charge < -0.3 is 4.74 Å². The molecule has 0 aliphatic rings. The third-order valence-corrected chi connectivity index (χ3v) is 3.16. The second kappa shape index (κ2) is 6.13. The summed E-state index contributed by atoms with van der Waals surface area (Å²) in [5.41, 5.74) is 0.0391. The highest BCUT2D eigenvalue weighted by Gasteiger charge is 2.19. The normalized spacial score (nSPS) is 10.4. The average molecular weight is 341 g/mol. The van der Waals surface area contributed by atoms with Crippen molar-refractivity contribution in [1.29, 1.82) is 0 Å². The molecule has 0 radical (unpaired) electrons. The monoisotopic (exact) mass is 340 g/mol. The van der Waals surface area contributed by atoms with E-state index in [-0.39, 0.29) is 11.1 Å². The van der Waals surface area contributed by atoms with Crippen LogP contribution in [0.4, 0.5) is 8.78 Å². The van der Waals surface area contributed by atoms with Crippen molar-refractivity contribution in [3.8, 4) is 5.75 Å². The van der Waals surface area contributed by atoms with Crippen molar-refractivity contribution in [3.63, 3.8) is 0 Å². The fourth-order valence-electron chi connectivity index (χ4n) is 1.78. The van der Waals surface area contributed by atoms with Crippen LogP contribution in [0.1, 0.15) is 22.8 Å². The first kappa shape index (κ1) is 14.7. The second-order valence-corrected chi connectivity index (χ2v) is 4.94. The summed E-state index contributed by atoms with van der Waals surface area (Å²) in [5, 5.41) is 0. The summed E-state index contributed by atoms with van der Waals surface area (Å²) in [6.45, 7) is 2.17. The van der Waals surface area contributed by atoms with Crippen molar-refractivity contribution in [1.82, 2.24) is 0 Å². The van der Waals surface area contributed by atoms with Gasteiger partial charge in [0.1, 0.15) is 17.4 Å². The number of benzene rings is 2. The lowest BCUT2D eigenvalue weighted by atomic mass is 10.0. The summed E-state index contributed by atoms with van der Waals surface area (Å²) in [6.07, 6.45) is 0. The number of rotatable bonds is 4. The Morgan fingerprint density at radius 2 is 1.90 bits per heavy atom. The molecule has 104 valence electrons. The smallest absolute Gasteiger partial charge is 0.199 e. The molecule has 2 aromatic rings. The molecule has 20 heavy (non-hydrogen) atoms.